The molecule has 0 spiro atoms. The number of esters is 2. The van der Waals surface area contributed by atoms with Crippen LogP contribution in [0.4, 0.5) is 0 Å². The predicted octanol–water partition coefficient (Wildman–Crippen LogP) is 3.41. The van der Waals surface area contributed by atoms with Crippen molar-refractivity contribution < 1.29 is 19.1 Å². The minimum Gasteiger partial charge on any atom is -0.457 e. The molecule has 2 aromatic rings. The summed E-state index contributed by atoms with van der Waals surface area (Å²) in [6.45, 7) is 4.02. The molecule has 0 saturated heterocycles. The Kier molecular flexibility index (Phi) is 2.79. The third kappa shape index (κ3) is 2.05. The Morgan fingerprint density at radius 3 is 2.20 bits per heavy atom. The lowest BCUT2D eigenvalue weighted by atomic mass is 10.1. The van der Waals surface area contributed by atoms with Crippen molar-refractivity contribution in [3.63, 3.8) is 0 Å². The van der Waals surface area contributed by atoms with E-state index in [-0.39, 0.29) is 11.1 Å². The number of rotatable bonds is 2. The highest BCUT2D eigenvalue weighted by atomic mass is 16.6. The van der Waals surface area contributed by atoms with Gasteiger partial charge in [0, 0.05) is 0 Å². The van der Waals surface area contributed by atoms with Crippen LogP contribution < -0.4 is 4.74 Å². The average Bonchev–Trinajstić information content (AvgIpc) is 2.69. The van der Waals surface area contributed by atoms with Crippen molar-refractivity contribution in [2.45, 2.75) is 13.8 Å². The molecule has 4 nitrogen and oxygen atoms in total. The highest BCUT2D eigenvalue weighted by Gasteiger charge is 2.29. The van der Waals surface area contributed by atoms with Gasteiger partial charge >= 0.3 is 11.9 Å². The van der Waals surface area contributed by atoms with Crippen molar-refractivity contribution in [3.05, 3.63) is 58.7 Å². The van der Waals surface area contributed by atoms with Gasteiger partial charge in [0.15, 0.2) is 0 Å². The Balaban J connectivity index is 1.92. The fourth-order valence-electron chi connectivity index (χ4n) is 2.04. The standard InChI is InChI=1S/C16H12O4/c1-9-3-4-11(7-10(9)2)19-12-5-6-13-14(8-12)16(18)20-15(13)17/h3-8H,1-2H3. The number of carbonyl (C=O) groups is 2. The zero-order valence-corrected chi connectivity index (χ0v) is 11.1. The molecule has 0 N–H and O–H groups in total. The summed E-state index contributed by atoms with van der Waals surface area (Å²) in [7, 11) is 0. The van der Waals surface area contributed by atoms with E-state index in [9.17, 15) is 9.59 Å². The number of hydrogen-bond donors (Lipinski definition) is 0. The fourth-order valence-corrected chi connectivity index (χ4v) is 2.04. The molecule has 1 aliphatic heterocycles. The van der Waals surface area contributed by atoms with E-state index in [4.69, 9.17) is 4.74 Å². The van der Waals surface area contributed by atoms with E-state index in [0.717, 1.165) is 5.56 Å². The van der Waals surface area contributed by atoms with Crippen LogP contribution >= 0.6 is 0 Å². The molecular formula is C16H12O4. The SMILES string of the molecule is Cc1ccc(Oc2ccc3c(c2)C(=O)OC3=O)cc1C. The molecule has 0 bridgehead atoms. The Morgan fingerprint density at radius 2 is 1.45 bits per heavy atom. The lowest BCUT2D eigenvalue weighted by Crippen LogP contribution is -1.96. The lowest BCUT2D eigenvalue weighted by Gasteiger charge is -2.08. The maximum Gasteiger partial charge on any atom is 0.347 e. The van der Waals surface area contributed by atoms with Crippen LogP contribution in [0.2, 0.25) is 0 Å². The van der Waals surface area contributed by atoms with Crippen molar-refractivity contribution in [1.29, 1.82) is 0 Å². The van der Waals surface area contributed by atoms with Crippen molar-refractivity contribution in [2.75, 3.05) is 0 Å². The molecule has 0 unspecified atom stereocenters. The number of cyclic esters (lactones) is 2. The molecule has 2 aromatic carbocycles. The van der Waals surface area contributed by atoms with Crippen LogP contribution in [0, 0.1) is 13.8 Å². The van der Waals surface area contributed by atoms with E-state index in [2.05, 4.69) is 4.74 Å². The number of fused-ring (bicyclic) bond motifs is 1. The molecule has 0 saturated carbocycles. The van der Waals surface area contributed by atoms with Gasteiger partial charge in [-0.2, -0.15) is 0 Å². The lowest BCUT2D eigenvalue weighted by molar-refractivity contribution is 0.0443. The molecule has 0 radical (unpaired) electrons. The summed E-state index contributed by atoms with van der Waals surface area (Å²) < 4.78 is 10.2. The minimum atomic E-state index is -0.629. The summed E-state index contributed by atoms with van der Waals surface area (Å²) >= 11 is 0. The van der Waals surface area contributed by atoms with Crippen LogP contribution in [-0.2, 0) is 4.74 Å². The topological polar surface area (TPSA) is 52.6 Å². The quantitative estimate of drug-likeness (QED) is 0.618. The molecule has 0 amide bonds. The van der Waals surface area contributed by atoms with E-state index < -0.39 is 11.9 Å². The smallest absolute Gasteiger partial charge is 0.347 e. The molecule has 0 fully saturated rings. The molecule has 0 aromatic heterocycles. The molecule has 0 aliphatic carbocycles. The van der Waals surface area contributed by atoms with Gasteiger partial charge in [-0.25, -0.2) is 9.59 Å². The van der Waals surface area contributed by atoms with Crippen LogP contribution in [-0.4, -0.2) is 11.9 Å². The Hall–Kier alpha value is -2.62. The first-order chi connectivity index (χ1) is 9.54. The second-order valence-corrected chi connectivity index (χ2v) is 4.73. The van der Waals surface area contributed by atoms with Gasteiger partial charge in [0.1, 0.15) is 11.5 Å². The average molecular weight is 268 g/mol. The number of aryl methyl sites for hydroxylation is 2. The molecule has 1 heterocycles. The zero-order chi connectivity index (χ0) is 14.3. The summed E-state index contributed by atoms with van der Waals surface area (Å²) in [6, 6.07) is 10.5. The van der Waals surface area contributed by atoms with Gasteiger partial charge in [0.2, 0.25) is 0 Å². The first-order valence-corrected chi connectivity index (χ1v) is 6.20. The van der Waals surface area contributed by atoms with Gasteiger partial charge in [-0.3, -0.25) is 0 Å². The number of ether oxygens (including phenoxy) is 2. The van der Waals surface area contributed by atoms with Gasteiger partial charge in [0.05, 0.1) is 11.1 Å². The molecule has 4 heteroatoms. The van der Waals surface area contributed by atoms with Gasteiger partial charge < -0.3 is 9.47 Å². The number of hydrogen-bond acceptors (Lipinski definition) is 4. The van der Waals surface area contributed by atoms with E-state index in [1.165, 1.54) is 11.6 Å². The second kappa shape index (κ2) is 4.49. The summed E-state index contributed by atoms with van der Waals surface area (Å²) in [5.41, 5.74) is 2.83. The summed E-state index contributed by atoms with van der Waals surface area (Å²) in [4.78, 5) is 22.8. The van der Waals surface area contributed by atoms with Crippen LogP contribution in [0.15, 0.2) is 36.4 Å². The Labute approximate surface area is 115 Å². The molecule has 1 aliphatic rings. The maximum absolute atomic E-state index is 11.5. The zero-order valence-electron chi connectivity index (χ0n) is 11.1. The monoisotopic (exact) mass is 268 g/mol. The van der Waals surface area contributed by atoms with Crippen LogP contribution in [0.3, 0.4) is 0 Å². The first kappa shape index (κ1) is 12.4. The summed E-state index contributed by atoms with van der Waals surface area (Å²) in [5.74, 6) is -0.0531. The van der Waals surface area contributed by atoms with Crippen molar-refractivity contribution in [2.24, 2.45) is 0 Å². The number of carbonyl (C=O) groups excluding carboxylic acids is 2. The predicted molar refractivity (Wildman–Crippen MR) is 72.2 cm³/mol. The van der Waals surface area contributed by atoms with Crippen molar-refractivity contribution >= 4 is 11.9 Å². The Morgan fingerprint density at radius 1 is 0.800 bits per heavy atom. The first-order valence-electron chi connectivity index (χ1n) is 6.20. The van der Waals surface area contributed by atoms with Gasteiger partial charge in [-0.1, -0.05) is 6.07 Å². The molecule has 100 valence electrons. The van der Waals surface area contributed by atoms with E-state index in [0.29, 0.717) is 11.5 Å². The van der Waals surface area contributed by atoms with Gasteiger partial charge in [0.25, 0.3) is 0 Å². The highest BCUT2D eigenvalue weighted by molar-refractivity contribution is 6.14. The highest BCUT2D eigenvalue weighted by Crippen LogP contribution is 2.28. The van der Waals surface area contributed by atoms with E-state index >= 15 is 0 Å². The summed E-state index contributed by atoms with van der Waals surface area (Å²) in [5, 5.41) is 0. The molecule has 0 atom stereocenters. The van der Waals surface area contributed by atoms with Crippen LogP contribution in [0.5, 0.6) is 11.5 Å². The van der Waals surface area contributed by atoms with Crippen LogP contribution in [0.25, 0.3) is 0 Å². The molecule has 3 rings (SSSR count). The Bertz CT molecular complexity index is 731. The number of benzene rings is 2. The largest absolute Gasteiger partial charge is 0.457 e. The molecular weight excluding hydrogens is 256 g/mol. The van der Waals surface area contributed by atoms with E-state index in [1.807, 2.05) is 32.0 Å². The van der Waals surface area contributed by atoms with Gasteiger partial charge in [-0.05, 0) is 55.3 Å². The maximum atomic E-state index is 11.5. The van der Waals surface area contributed by atoms with Crippen molar-refractivity contribution in [3.8, 4) is 11.5 Å². The fraction of sp³-hybridized carbons (Fsp3) is 0.125. The third-order valence-corrected chi connectivity index (χ3v) is 3.33. The second-order valence-electron chi connectivity index (χ2n) is 4.73. The van der Waals surface area contributed by atoms with Crippen LogP contribution in [0.1, 0.15) is 31.8 Å². The van der Waals surface area contributed by atoms with Crippen molar-refractivity contribution in [1.82, 2.24) is 0 Å². The van der Waals surface area contributed by atoms with Gasteiger partial charge in [-0.15, -0.1) is 0 Å². The molecule has 20 heavy (non-hydrogen) atoms. The third-order valence-electron chi connectivity index (χ3n) is 3.33. The normalized spacial score (nSPS) is 13.1. The minimum absolute atomic E-state index is 0.247. The van der Waals surface area contributed by atoms with E-state index in [1.54, 1.807) is 12.1 Å². The summed E-state index contributed by atoms with van der Waals surface area (Å²) in [6.07, 6.45) is 0.